The summed E-state index contributed by atoms with van der Waals surface area (Å²) in [6.07, 6.45) is 0. The first kappa shape index (κ1) is 9.12. The maximum atomic E-state index is 12.3. The van der Waals surface area contributed by atoms with E-state index in [9.17, 15) is 17.2 Å². The Morgan fingerprint density at radius 2 is 1.67 bits per heavy atom. The fourth-order valence-electron chi connectivity index (χ4n) is 0.705. The lowest BCUT2D eigenvalue weighted by Gasteiger charge is -1.97. The van der Waals surface area contributed by atoms with Crippen LogP contribution in [0.3, 0.4) is 0 Å². The highest BCUT2D eigenvalue weighted by molar-refractivity contribution is 7.91. The highest BCUT2D eigenvalue weighted by Crippen LogP contribution is 2.11. The molecule has 0 saturated heterocycles. The highest BCUT2D eigenvalue weighted by Gasteiger charge is 2.12. The minimum absolute atomic E-state index is 0.202. The second kappa shape index (κ2) is 3.18. The zero-order valence-corrected chi connectivity index (χ0v) is 6.81. The number of halogens is 2. The second-order valence-electron chi connectivity index (χ2n) is 2.18. The van der Waals surface area contributed by atoms with Gasteiger partial charge in [-0.2, -0.15) is 0 Å². The van der Waals surface area contributed by atoms with E-state index in [-0.39, 0.29) is 4.90 Å². The van der Waals surface area contributed by atoms with Gasteiger partial charge in [0.2, 0.25) is 9.84 Å². The molecule has 0 spiro atoms. The van der Waals surface area contributed by atoms with Crippen molar-refractivity contribution < 1.29 is 17.2 Å². The van der Waals surface area contributed by atoms with E-state index in [1.807, 2.05) is 0 Å². The summed E-state index contributed by atoms with van der Waals surface area (Å²) in [5.74, 6) is -0.548. The molecule has 0 aliphatic rings. The molecule has 0 heterocycles. The Bertz CT molecular complexity index is 355. The Kier molecular flexibility index (Phi) is 2.42. The molecule has 0 amide bonds. The zero-order valence-electron chi connectivity index (χ0n) is 6.00. The Hall–Kier alpha value is -0.970. The van der Waals surface area contributed by atoms with Crippen molar-refractivity contribution in [2.45, 2.75) is 4.90 Å². The smallest absolute Gasteiger partial charge is 0.207 e. The highest BCUT2D eigenvalue weighted by atomic mass is 32.2. The van der Waals surface area contributed by atoms with Gasteiger partial charge in [0, 0.05) is 0 Å². The molecule has 2 nitrogen and oxygen atoms in total. The lowest BCUT2D eigenvalue weighted by Crippen LogP contribution is -2.02. The van der Waals surface area contributed by atoms with Crippen molar-refractivity contribution in [3.63, 3.8) is 0 Å². The molecule has 0 bridgehead atoms. The summed E-state index contributed by atoms with van der Waals surface area (Å²) in [5, 5.41) is 0. The quantitative estimate of drug-likeness (QED) is 0.666. The molecular formula is C7H6F2O2S. The van der Waals surface area contributed by atoms with Gasteiger partial charge >= 0.3 is 0 Å². The van der Waals surface area contributed by atoms with Crippen LogP contribution in [-0.4, -0.2) is 14.4 Å². The maximum absolute atomic E-state index is 12.3. The van der Waals surface area contributed by atoms with Crippen LogP contribution < -0.4 is 0 Å². The molecule has 0 saturated carbocycles. The normalized spacial score (nSPS) is 11.5. The van der Waals surface area contributed by atoms with Crippen molar-refractivity contribution in [1.82, 2.24) is 0 Å². The van der Waals surface area contributed by atoms with Crippen molar-refractivity contribution >= 4 is 9.84 Å². The predicted molar refractivity (Wildman–Crippen MR) is 39.6 cm³/mol. The van der Waals surface area contributed by atoms with E-state index in [2.05, 4.69) is 0 Å². The van der Waals surface area contributed by atoms with Gasteiger partial charge in [0.25, 0.3) is 0 Å². The van der Waals surface area contributed by atoms with Crippen LogP contribution in [0, 0.1) is 5.82 Å². The first-order valence-corrected chi connectivity index (χ1v) is 4.76. The summed E-state index contributed by atoms with van der Waals surface area (Å²) >= 11 is 0. The average Bonchev–Trinajstić information content (AvgIpc) is 2.05. The van der Waals surface area contributed by atoms with Gasteiger partial charge in [0.05, 0.1) is 4.90 Å². The van der Waals surface area contributed by atoms with E-state index in [1.54, 1.807) is 0 Å². The molecular weight excluding hydrogens is 186 g/mol. The number of sulfone groups is 1. The number of hydrogen-bond acceptors (Lipinski definition) is 2. The van der Waals surface area contributed by atoms with Gasteiger partial charge in [-0.25, -0.2) is 17.2 Å². The summed E-state index contributed by atoms with van der Waals surface area (Å²) in [5.41, 5.74) is 0. The molecule has 0 aliphatic carbocycles. The van der Waals surface area contributed by atoms with E-state index in [1.165, 1.54) is 0 Å². The summed E-state index contributed by atoms with van der Waals surface area (Å²) in [6, 6.07) is 2.55. The average molecular weight is 192 g/mol. The van der Waals surface area contributed by atoms with Gasteiger partial charge in [-0.1, -0.05) is 0 Å². The van der Waals surface area contributed by atoms with Crippen LogP contribution in [0.2, 0.25) is 0 Å². The van der Waals surface area contributed by atoms with Gasteiger partial charge in [0.15, 0.2) is 6.01 Å². The Balaban J connectivity index is 3.14. The summed E-state index contributed by atoms with van der Waals surface area (Å²) < 4.78 is 45.8. The molecule has 0 atom stereocenters. The van der Waals surface area contributed by atoms with Crippen LogP contribution in [0.15, 0.2) is 29.2 Å². The number of hydrogen-bond donors (Lipinski definition) is 0. The Labute approximate surface area is 68.8 Å². The van der Waals surface area contributed by atoms with E-state index in [4.69, 9.17) is 0 Å². The molecule has 0 aromatic heterocycles. The number of benzene rings is 1. The third kappa shape index (κ3) is 1.79. The van der Waals surface area contributed by atoms with Gasteiger partial charge in [-0.05, 0) is 24.3 Å². The standard InChI is InChI=1S/C7H6F2O2S/c8-5-12(10,11)7-3-1-6(9)2-4-7/h1-4H,5H2. The molecule has 0 aliphatic heterocycles. The van der Waals surface area contributed by atoms with Crippen molar-refractivity contribution in [3.8, 4) is 0 Å². The van der Waals surface area contributed by atoms with Crippen molar-refractivity contribution in [2.75, 3.05) is 6.01 Å². The number of alkyl halides is 1. The Morgan fingerprint density at radius 3 is 2.08 bits per heavy atom. The fraction of sp³-hybridized carbons (Fsp3) is 0.143. The van der Waals surface area contributed by atoms with Gasteiger partial charge < -0.3 is 0 Å². The molecule has 1 aromatic rings. The van der Waals surface area contributed by atoms with E-state index < -0.39 is 21.7 Å². The van der Waals surface area contributed by atoms with Crippen LogP contribution in [-0.2, 0) is 9.84 Å². The van der Waals surface area contributed by atoms with Crippen LogP contribution in [0.5, 0.6) is 0 Å². The van der Waals surface area contributed by atoms with Gasteiger partial charge in [0.1, 0.15) is 5.82 Å². The van der Waals surface area contributed by atoms with E-state index in [0.717, 1.165) is 24.3 Å². The predicted octanol–water partition coefficient (Wildman–Crippen LogP) is 1.53. The van der Waals surface area contributed by atoms with Crippen LogP contribution in [0.4, 0.5) is 8.78 Å². The van der Waals surface area contributed by atoms with E-state index >= 15 is 0 Å². The molecule has 12 heavy (non-hydrogen) atoms. The fourth-order valence-corrected chi connectivity index (χ4v) is 1.38. The minimum atomic E-state index is -3.85. The second-order valence-corrected chi connectivity index (χ2v) is 4.10. The maximum Gasteiger partial charge on any atom is 0.207 e. The van der Waals surface area contributed by atoms with Crippen molar-refractivity contribution in [1.29, 1.82) is 0 Å². The third-order valence-electron chi connectivity index (χ3n) is 1.32. The van der Waals surface area contributed by atoms with Crippen LogP contribution in [0.1, 0.15) is 0 Å². The lowest BCUT2D eigenvalue weighted by atomic mass is 10.4. The molecule has 0 unspecified atom stereocenters. The molecule has 66 valence electrons. The van der Waals surface area contributed by atoms with Crippen molar-refractivity contribution in [2.24, 2.45) is 0 Å². The molecule has 0 fully saturated rings. The summed E-state index contributed by atoms with van der Waals surface area (Å²) in [6.45, 7) is 0. The lowest BCUT2D eigenvalue weighted by molar-refractivity contribution is 0.534. The summed E-state index contributed by atoms with van der Waals surface area (Å²) in [4.78, 5) is -0.202. The topological polar surface area (TPSA) is 34.1 Å². The molecule has 5 heteroatoms. The molecule has 1 rings (SSSR count). The third-order valence-corrected chi connectivity index (χ3v) is 2.59. The molecule has 0 N–H and O–H groups in total. The SMILES string of the molecule is O=S(=O)(CF)c1ccc(F)cc1. The number of rotatable bonds is 2. The largest absolute Gasteiger partial charge is 0.233 e. The monoisotopic (exact) mass is 192 g/mol. The van der Waals surface area contributed by atoms with E-state index in [0.29, 0.717) is 0 Å². The van der Waals surface area contributed by atoms with Gasteiger partial charge in [-0.3, -0.25) is 0 Å². The molecule has 0 radical (unpaired) electrons. The summed E-state index contributed by atoms with van der Waals surface area (Å²) in [7, 11) is -3.85. The van der Waals surface area contributed by atoms with Gasteiger partial charge in [-0.15, -0.1) is 0 Å². The van der Waals surface area contributed by atoms with Crippen LogP contribution >= 0.6 is 0 Å². The minimum Gasteiger partial charge on any atom is -0.233 e. The molecule has 1 aromatic carbocycles. The van der Waals surface area contributed by atoms with Crippen LogP contribution in [0.25, 0.3) is 0 Å². The Morgan fingerprint density at radius 1 is 1.17 bits per heavy atom. The first-order valence-electron chi connectivity index (χ1n) is 3.10. The first-order chi connectivity index (χ1) is 5.56. The van der Waals surface area contributed by atoms with Crippen molar-refractivity contribution in [3.05, 3.63) is 30.1 Å². The zero-order chi connectivity index (χ0) is 9.19.